The van der Waals surface area contributed by atoms with Gasteiger partial charge in [0, 0.05) is 23.9 Å². The number of rotatable bonds is 4. The van der Waals surface area contributed by atoms with Gasteiger partial charge in [-0.2, -0.15) is 0 Å². The van der Waals surface area contributed by atoms with E-state index in [2.05, 4.69) is 5.32 Å². The molecule has 0 bridgehead atoms. The lowest BCUT2D eigenvalue weighted by atomic mass is 10.2. The molecule has 0 heterocycles. The van der Waals surface area contributed by atoms with Crippen molar-refractivity contribution >= 4 is 11.5 Å². The summed E-state index contributed by atoms with van der Waals surface area (Å²) in [6, 6.07) is 17.4. The molecule has 0 aromatic heterocycles. The van der Waals surface area contributed by atoms with E-state index in [-0.39, 0.29) is 5.78 Å². The first-order valence-corrected chi connectivity index (χ1v) is 7.13. The van der Waals surface area contributed by atoms with Crippen LogP contribution in [-0.4, -0.2) is 5.78 Å². The van der Waals surface area contributed by atoms with E-state index in [0.717, 1.165) is 35.6 Å². The van der Waals surface area contributed by atoms with E-state index in [1.165, 1.54) is 0 Å². The first kappa shape index (κ1) is 13.4. The van der Waals surface area contributed by atoms with E-state index in [1.807, 2.05) is 60.8 Å². The SMILES string of the molecule is O=C1CCCC1=CNc1ccc(Oc2ccccc2)cc1. The van der Waals surface area contributed by atoms with Crippen LogP contribution in [0.1, 0.15) is 19.3 Å². The molecule has 0 aliphatic heterocycles. The molecule has 1 fully saturated rings. The van der Waals surface area contributed by atoms with E-state index in [9.17, 15) is 4.79 Å². The molecule has 2 aromatic rings. The molecular weight excluding hydrogens is 262 g/mol. The highest BCUT2D eigenvalue weighted by molar-refractivity contribution is 5.97. The van der Waals surface area contributed by atoms with Crippen molar-refractivity contribution in [3.63, 3.8) is 0 Å². The average molecular weight is 279 g/mol. The number of hydrogen-bond acceptors (Lipinski definition) is 3. The molecule has 2 aromatic carbocycles. The van der Waals surface area contributed by atoms with Crippen molar-refractivity contribution < 1.29 is 9.53 Å². The normalized spacial score (nSPS) is 16.2. The summed E-state index contributed by atoms with van der Waals surface area (Å²) in [5, 5.41) is 3.17. The lowest BCUT2D eigenvalue weighted by Crippen LogP contribution is -1.96. The third-order valence-electron chi connectivity index (χ3n) is 3.45. The van der Waals surface area contributed by atoms with Gasteiger partial charge in [-0.05, 0) is 49.2 Å². The maximum absolute atomic E-state index is 11.5. The van der Waals surface area contributed by atoms with Crippen molar-refractivity contribution in [1.29, 1.82) is 0 Å². The number of carbonyl (C=O) groups excluding carboxylic acids is 1. The van der Waals surface area contributed by atoms with E-state index >= 15 is 0 Å². The molecule has 1 aliphatic rings. The lowest BCUT2D eigenvalue weighted by molar-refractivity contribution is -0.114. The van der Waals surface area contributed by atoms with Gasteiger partial charge in [0.1, 0.15) is 11.5 Å². The number of anilines is 1. The van der Waals surface area contributed by atoms with Crippen LogP contribution in [0.2, 0.25) is 0 Å². The number of nitrogens with one attached hydrogen (secondary N) is 1. The van der Waals surface area contributed by atoms with Crippen molar-refractivity contribution in [3.05, 3.63) is 66.4 Å². The summed E-state index contributed by atoms with van der Waals surface area (Å²) in [6.07, 6.45) is 4.34. The Labute approximate surface area is 124 Å². The van der Waals surface area contributed by atoms with Crippen LogP contribution < -0.4 is 10.1 Å². The lowest BCUT2D eigenvalue weighted by Gasteiger charge is -2.07. The molecule has 0 atom stereocenters. The molecule has 3 nitrogen and oxygen atoms in total. The summed E-state index contributed by atoms with van der Waals surface area (Å²) in [4.78, 5) is 11.5. The molecule has 1 N–H and O–H groups in total. The quantitative estimate of drug-likeness (QED) is 0.836. The second-order valence-electron chi connectivity index (χ2n) is 5.03. The molecule has 1 saturated carbocycles. The predicted molar refractivity (Wildman–Crippen MR) is 83.5 cm³/mol. The second kappa shape index (κ2) is 6.27. The minimum Gasteiger partial charge on any atom is -0.457 e. The Balaban J connectivity index is 1.63. The van der Waals surface area contributed by atoms with E-state index in [1.54, 1.807) is 0 Å². The van der Waals surface area contributed by atoms with Crippen LogP contribution in [0.3, 0.4) is 0 Å². The zero-order chi connectivity index (χ0) is 14.5. The van der Waals surface area contributed by atoms with Crippen LogP contribution in [-0.2, 0) is 4.79 Å². The zero-order valence-electron chi connectivity index (χ0n) is 11.7. The third-order valence-corrected chi connectivity index (χ3v) is 3.45. The highest BCUT2D eigenvalue weighted by atomic mass is 16.5. The molecule has 0 saturated heterocycles. The van der Waals surface area contributed by atoms with Crippen molar-refractivity contribution in [3.8, 4) is 11.5 Å². The van der Waals surface area contributed by atoms with Crippen LogP contribution in [0.15, 0.2) is 66.4 Å². The van der Waals surface area contributed by atoms with Gasteiger partial charge in [0.2, 0.25) is 0 Å². The molecule has 0 spiro atoms. The molecule has 3 heteroatoms. The highest BCUT2D eigenvalue weighted by Crippen LogP contribution is 2.24. The summed E-state index contributed by atoms with van der Waals surface area (Å²) in [7, 11) is 0. The number of benzene rings is 2. The molecule has 1 aliphatic carbocycles. The average Bonchev–Trinajstić information content (AvgIpc) is 2.93. The number of ether oxygens (including phenoxy) is 1. The fourth-order valence-electron chi connectivity index (χ4n) is 2.31. The summed E-state index contributed by atoms with van der Waals surface area (Å²) in [6.45, 7) is 0. The monoisotopic (exact) mass is 279 g/mol. The number of para-hydroxylation sites is 1. The van der Waals surface area contributed by atoms with Crippen LogP contribution in [0.4, 0.5) is 5.69 Å². The number of ketones is 1. The number of carbonyl (C=O) groups is 1. The van der Waals surface area contributed by atoms with Crippen LogP contribution in [0.25, 0.3) is 0 Å². The fourth-order valence-corrected chi connectivity index (χ4v) is 2.31. The molecule has 0 amide bonds. The number of hydrogen-bond donors (Lipinski definition) is 1. The van der Waals surface area contributed by atoms with E-state index in [0.29, 0.717) is 6.42 Å². The van der Waals surface area contributed by atoms with Gasteiger partial charge in [0.25, 0.3) is 0 Å². The fraction of sp³-hybridized carbons (Fsp3) is 0.167. The largest absolute Gasteiger partial charge is 0.457 e. The molecule has 3 rings (SSSR count). The van der Waals surface area contributed by atoms with Crippen molar-refractivity contribution in [1.82, 2.24) is 0 Å². The van der Waals surface area contributed by atoms with Gasteiger partial charge in [-0.1, -0.05) is 18.2 Å². The number of Topliss-reactive ketones (excluding diaryl/α,β-unsaturated/α-hetero) is 1. The predicted octanol–water partition coefficient (Wildman–Crippen LogP) is 4.53. The Morgan fingerprint density at radius 3 is 2.29 bits per heavy atom. The van der Waals surface area contributed by atoms with E-state index in [4.69, 9.17) is 4.74 Å². The van der Waals surface area contributed by atoms with Crippen LogP contribution in [0, 0.1) is 0 Å². The summed E-state index contributed by atoms with van der Waals surface area (Å²) in [5.74, 6) is 1.86. The van der Waals surface area contributed by atoms with Gasteiger partial charge in [0.05, 0.1) is 0 Å². The first-order valence-electron chi connectivity index (χ1n) is 7.13. The summed E-state index contributed by atoms with van der Waals surface area (Å²) >= 11 is 0. The highest BCUT2D eigenvalue weighted by Gasteiger charge is 2.16. The summed E-state index contributed by atoms with van der Waals surface area (Å²) in [5.41, 5.74) is 1.84. The topological polar surface area (TPSA) is 38.3 Å². The van der Waals surface area contributed by atoms with Crippen molar-refractivity contribution in [2.75, 3.05) is 5.32 Å². The summed E-state index contributed by atoms with van der Waals surface area (Å²) < 4.78 is 5.73. The van der Waals surface area contributed by atoms with Crippen molar-refractivity contribution in [2.45, 2.75) is 19.3 Å². The molecule has 0 radical (unpaired) electrons. The van der Waals surface area contributed by atoms with Crippen molar-refractivity contribution in [2.24, 2.45) is 0 Å². The molecule has 0 unspecified atom stereocenters. The Kier molecular flexibility index (Phi) is 4.01. The number of allylic oxidation sites excluding steroid dienone is 1. The van der Waals surface area contributed by atoms with Gasteiger partial charge in [0.15, 0.2) is 5.78 Å². The molecule has 106 valence electrons. The standard InChI is InChI=1S/C18H17NO2/c20-18-8-4-5-14(18)13-19-15-9-11-17(12-10-15)21-16-6-2-1-3-7-16/h1-3,6-7,9-13,19H,4-5,8H2. The van der Waals surface area contributed by atoms with Gasteiger partial charge in [-0.15, -0.1) is 0 Å². The molecular formula is C18H17NO2. The maximum Gasteiger partial charge on any atom is 0.160 e. The Morgan fingerprint density at radius 1 is 0.905 bits per heavy atom. The zero-order valence-corrected chi connectivity index (χ0v) is 11.7. The minimum atomic E-state index is 0.256. The smallest absolute Gasteiger partial charge is 0.160 e. The van der Waals surface area contributed by atoms with Gasteiger partial charge >= 0.3 is 0 Å². The van der Waals surface area contributed by atoms with Gasteiger partial charge in [-0.25, -0.2) is 0 Å². The second-order valence-corrected chi connectivity index (χ2v) is 5.03. The van der Waals surface area contributed by atoms with Crippen LogP contribution in [0.5, 0.6) is 11.5 Å². The Morgan fingerprint density at radius 2 is 1.62 bits per heavy atom. The minimum absolute atomic E-state index is 0.256. The van der Waals surface area contributed by atoms with Gasteiger partial charge < -0.3 is 10.1 Å². The first-order chi connectivity index (χ1) is 10.3. The third kappa shape index (κ3) is 3.51. The van der Waals surface area contributed by atoms with Crippen LogP contribution >= 0.6 is 0 Å². The molecule has 21 heavy (non-hydrogen) atoms. The maximum atomic E-state index is 11.5. The Hall–Kier alpha value is -2.55. The Bertz CT molecular complexity index is 645. The van der Waals surface area contributed by atoms with E-state index < -0.39 is 0 Å². The van der Waals surface area contributed by atoms with Gasteiger partial charge in [-0.3, -0.25) is 4.79 Å².